The van der Waals surface area contributed by atoms with Gasteiger partial charge in [-0.25, -0.2) is 0 Å². The minimum absolute atomic E-state index is 0.191. The first-order valence-corrected chi connectivity index (χ1v) is 14.5. The molecule has 15 heteroatoms. The number of fused-ring (bicyclic) bond motifs is 1. The molecule has 18 atom stereocenters. The quantitative estimate of drug-likeness (QED) is 0.129. The van der Waals surface area contributed by atoms with Crippen molar-refractivity contribution in [3.05, 3.63) is 0 Å². The molecule has 0 aromatic rings. The minimum atomic E-state index is -1.69. The van der Waals surface area contributed by atoms with Gasteiger partial charge >= 0.3 is 0 Å². The van der Waals surface area contributed by atoms with Gasteiger partial charge in [0.15, 0.2) is 24.8 Å². The third kappa shape index (κ3) is 6.60. The smallest absolute Gasteiger partial charge is 0.187 e. The molecule has 2 saturated carbocycles. The molecule has 0 radical (unpaired) electrons. The maximum atomic E-state index is 11.0. The Labute approximate surface area is 236 Å². The van der Waals surface area contributed by atoms with E-state index in [4.69, 9.17) is 23.7 Å². The lowest BCUT2D eigenvalue weighted by molar-refractivity contribution is -0.373. The number of hydrogen-bond donors (Lipinski definition) is 10. The molecule has 5 fully saturated rings. The van der Waals surface area contributed by atoms with Crippen LogP contribution < -0.4 is 0 Å². The molecule has 11 N–H and O–H groups in total. The Bertz CT molecular complexity index is 850. The highest BCUT2D eigenvalue weighted by Gasteiger charge is 2.55. The van der Waals surface area contributed by atoms with E-state index in [9.17, 15) is 51.1 Å². The fourth-order valence-corrected chi connectivity index (χ4v) is 7.06. The summed E-state index contributed by atoms with van der Waals surface area (Å²) in [7, 11) is 0. The Morgan fingerprint density at radius 1 is 0.683 bits per heavy atom. The van der Waals surface area contributed by atoms with Gasteiger partial charge in [-0.3, -0.25) is 0 Å². The summed E-state index contributed by atoms with van der Waals surface area (Å²) in [6.07, 6.45) is -16.4. The Balaban J connectivity index is 1.30. The van der Waals surface area contributed by atoms with Gasteiger partial charge in [-0.05, 0) is 25.7 Å². The van der Waals surface area contributed by atoms with Crippen LogP contribution in [0, 0.1) is 11.8 Å². The summed E-state index contributed by atoms with van der Waals surface area (Å²) in [6, 6.07) is 0. The van der Waals surface area contributed by atoms with Crippen molar-refractivity contribution in [3.63, 3.8) is 0 Å². The predicted octanol–water partition coefficient (Wildman–Crippen LogP) is -5.04. The van der Waals surface area contributed by atoms with E-state index < -0.39 is 98.5 Å². The first-order valence-electron chi connectivity index (χ1n) is 14.5. The van der Waals surface area contributed by atoms with E-state index in [1.807, 2.05) is 0 Å². The van der Waals surface area contributed by atoms with Crippen molar-refractivity contribution in [2.75, 3.05) is 13.2 Å². The first-order chi connectivity index (χ1) is 19.5. The molecule has 0 spiro atoms. The van der Waals surface area contributed by atoms with Crippen LogP contribution in [0.3, 0.4) is 0 Å². The van der Waals surface area contributed by atoms with Crippen LogP contribution in [0.1, 0.15) is 38.5 Å². The lowest BCUT2D eigenvalue weighted by Gasteiger charge is -2.49. The molecule has 3 saturated heterocycles. The summed E-state index contributed by atoms with van der Waals surface area (Å²) in [4.78, 5) is 0. The molecule has 3 aliphatic heterocycles. The van der Waals surface area contributed by atoms with Crippen molar-refractivity contribution in [2.45, 2.75) is 137 Å². The monoisotopic (exact) mass is 597 g/mol. The minimum Gasteiger partial charge on any atom is -0.427 e. The molecule has 0 aromatic carbocycles. The highest BCUT2D eigenvalue weighted by molar-refractivity contribution is 4.99. The van der Waals surface area contributed by atoms with Crippen LogP contribution in [-0.2, 0) is 18.9 Å². The molecule has 15 nitrogen and oxygen atoms in total. The summed E-state index contributed by atoms with van der Waals surface area (Å²) in [6.45, 7) is -1.02. The number of hydrogen-bond acceptors (Lipinski definition) is 14. The molecule has 5 rings (SSSR count). The van der Waals surface area contributed by atoms with Gasteiger partial charge in [0.1, 0.15) is 48.8 Å². The fourth-order valence-electron chi connectivity index (χ4n) is 7.06. The van der Waals surface area contributed by atoms with Crippen LogP contribution in [0.5, 0.6) is 0 Å². The molecular formula is C26H45O15+. The molecule has 3 heterocycles. The largest absolute Gasteiger partial charge is 0.427 e. The second-order valence-corrected chi connectivity index (χ2v) is 12.2. The molecule has 238 valence electrons. The molecule has 2 aliphatic carbocycles. The average Bonchev–Trinajstić information content (AvgIpc) is 2.94. The molecular weight excluding hydrogens is 552 g/mol. The van der Waals surface area contributed by atoms with E-state index in [1.54, 1.807) is 0 Å². The van der Waals surface area contributed by atoms with E-state index >= 15 is 0 Å². The zero-order valence-electron chi connectivity index (χ0n) is 22.6. The number of rotatable bonds is 6. The summed E-state index contributed by atoms with van der Waals surface area (Å²) in [5, 5.41) is 103. The van der Waals surface area contributed by atoms with Gasteiger partial charge in [-0.1, -0.05) is 0 Å². The van der Waals surface area contributed by atoms with E-state index in [0.29, 0.717) is 25.7 Å². The van der Waals surface area contributed by atoms with Gasteiger partial charge in [0.2, 0.25) is 0 Å². The highest BCUT2D eigenvalue weighted by atomic mass is 16.7. The number of ether oxygens (including phenoxy) is 5. The average molecular weight is 598 g/mol. The predicted molar refractivity (Wildman–Crippen MR) is 134 cm³/mol. The van der Waals surface area contributed by atoms with Crippen LogP contribution in [-0.4, -0.2) is 167 Å². The molecule has 0 bridgehead atoms. The maximum absolute atomic E-state index is 11.0. The van der Waals surface area contributed by atoms with E-state index in [1.165, 1.54) is 0 Å². The summed E-state index contributed by atoms with van der Waals surface area (Å²) in [5.41, 5.74) is 0. The summed E-state index contributed by atoms with van der Waals surface area (Å²) in [5.74, 6) is -0.529. The second-order valence-electron chi connectivity index (χ2n) is 12.2. The van der Waals surface area contributed by atoms with Crippen molar-refractivity contribution in [2.24, 2.45) is 11.8 Å². The first kappa shape index (κ1) is 31.8. The van der Waals surface area contributed by atoms with Crippen molar-refractivity contribution in [1.29, 1.82) is 0 Å². The fraction of sp³-hybridized carbons (Fsp3) is 1.00. The van der Waals surface area contributed by atoms with Crippen LogP contribution in [0.15, 0.2) is 0 Å². The third-order valence-electron chi connectivity index (χ3n) is 9.44. The van der Waals surface area contributed by atoms with Gasteiger partial charge in [-0.15, -0.1) is 0 Å². The summed E-state index contributed by atoms with van der Waals surface area (Å²) >= 11 is 0. The van der Waals surface area contributed by atoms with E-state index in [2.05, 4.69) is 0 Å². The van der Waals surface area contributed by atoms with Gasteiger partial charge in [0, 0.05) is 18.8 Å². The summed E-state index contributed by atoms with van der Waals surface area (Å²) < 4.78 is 27.8. The zero-order valence-corrected chi connectivity index (χ0v) is 22.6. The Morgan fingerprint density at radius 3 is 2.12 bits per heavy atom. The Hall–Kier alpha value is -0.600. The third-order valence-corrected chi connectivity index (χ3v) is 9.44. The molecule has 0 amide bonds. The second kappa shape index (κ2) is 13.2. The van der Waals surface area contributed by atoms with Crippen LogP contribution in [0.25, 0.3) is 0 Å². The molecule has 5 aliphatic rings. The Morgan fingerprint density at radius 2 is 1.41 bits per heavy atom. The molecule has 41 heavy (non-hydrogen) atoms. The number of aliphatic hydroxyl groups is 12. The van der Waals surface area contributed by atoms with Gasteiger partial charge in [0.25, 0.3) is 0 Å². The van der Waals surface area contributed by atoms with Gasteiger partial charge in [-0.2, -0.15) is 0 Å². The lowest BCUT2D eigenvalue weighted by atomic mass is 9.72. The standard InChI is InChI=1S/C26H44O15/c27-7-18-24(41-25-21(35)19(33)15(32)8-37-25)20(34)22(36)26(40-18)39-17-6-11-13(30)4-10(28)5-16(11)38-23(17)9-1-2-12(29)14(31)3-9/h9-36H,1-8H2/p+1. The van der Waals surface area contributed by atoms with Crippen molar-refractivity contribution in [3.8, 4) is 0 Å². The van der Waals surface area contributed by atoms with Gasteiger partial charge in [0.05, 0.1) is 43.5 Å². The van der Waals surface area contributed by atoms with Crippen LogP contribution in [0.4, 0.5) is 0 Å². The molecule has 18 unspecified atom stereocenters. The number of aliphatic hydroxyl groups excluding tert-OH is 10. The maximum Gasteiger partial charge on any atom is 0.187 e. The Kier molecular flexibility index (Phi) is 10.2. The topological polar surface area (TPSA) is 252 Å². The highest BCUT2D eigenvalue weighted by Crippen LogP contribution is 2.42. The van der Waals surface area contributed by atoms with E-state index in [0.717, 1.165) is 0 Å². The van der Waals surface area contributed by atoms with Crippen molar-refractivity contribution >= 4 is 0 Å². The molecule has 0 aromatic heterocycles. The SMILES string of the molecule is OCC1OC(OC2CC3C(O)CC(O)CC3[OH+]C2C2CCC(O)C(O)C2)C(O)C(O)C1OC1OCC(O)C(O)C1O. The van der Waals surface area contributed by atoms with E-state index in [-0.39, 0.29) is 37.4 Å². The van der Waals surface area contributed by atoms with Crippen molar-refractivity contribution in [1.82, 2.24) is 0 Å². The van der Waals surface area contributed by atoms with Crippen molar-refractivity contribution < 1.29 is 74.7 Å². The van der Waals surface area contributed by atoms with Crippen LogP contribution in [0.2, 0.25) is 0 Å². The zero-order chi connectivity index (χ0) is 29.6. The normalized spacial score (nSPS) is 54.9. The lowest BCUT2D eigenvalue weighted by Crippen LogP contribution is -2.65. The van der Waals surface area contributed by atoms with Gasteiger partial charge < -0.3 is 74.7 Å². The van der Waals surface area contributed by atoms with Crippen LogP contribution >= 0.6 is 0 Å².